The molecule has 1 unspecified atom stereocenters. The number of carbonyl (C=O) groups excluding carboxylic acids is 1. The summed E-state index contributed by atoms with van der Waals surface area (Å²) < 4.78 is 0. The maximum atomic E-state index is 13.1. The first-order valence-electron chi connectivity index (χ1n) is 7.67. The van der Waals surface area contributed by atoms with Gasteiger partial charge in [0.2, 0.25) is 5.91 Å². The molecule has 3 aromatic rings. The highest BCUT2D eigenvalue weighted by Gasteiger charge is 2.39. The number of carbonyl (C=O) groups is 1. The van der Waals surface area contributed by atoms with Gasteiger partial charge in [-0.05, 0) is 54.4 Å². The van der Waals surface area contributed by atoms with Gasteiger partial charge >= 0.3 is 0 Å². The van der Waals surface area contributed by atoms with Crippen molar-refractivity contribution in [3.63, 3.8) is 0 Å². The van der Waals surface area contributed by atoms with E-state index >= 15 is 0 Å². The van der Waals surface area contributed by atoms with E-state index < -0.39 is 0 Å². The molecule has 0 saturated heterocycles. The quantitative estimate of drug-likeness (QED) is 0.722. The minimum absolute atomic E-state index is 0.0304. The maximum absolute atomic E-state index is 13.1. The second-order valence-corrected chi connectivity index (χ2v) is 6.11. The SMILES string of the molecule is O=C1C(Cc2ccncc2)c2cccnc2N1c1ccc(Cl)cc1. The van der Waals surface area contributed by atoms with Crippen LogP contribution in [0, 0.1) is 0 Å². The van der Waals surface area contributed by atoms with E-state index in [4.69, 9.17) is 11.6 Å². The number of amides is 1. The van der Waals surface area contributed by atoms with Crippen LogP contribution in [0.5, 0.6) is 0 Å². The Bertz CT molecular complexity index is 881. The van der Waals surface area contributed by atoms with Crippen LogP contribution in [0.2, 0.25) is 5.02 Å². The van der Waals surface area contributed by atoms with Gasteiger partial charge in [-0.15, -0.1) is 0 Å². The molecule has 0 bridgehead atoms. The smallest absolute Gasteiger partial charge is 0.240 e. The average Bonchev–Trinajstić information content (AvgIpc) is 2.89. The predicted molar refractivity (Wildman–Crippen MR) is 93.5 cm³/mol. The fraction of sp³-hybridized carbons (Fsp3) is 0.105. The molecule has 1 aliphatic heterocycles. The Labute approximate surface area is 144 Å². The molecular formula is C19H14ClN3O. The summed E-state index contributed by atoms with van der Waals surface area (Å²) in [6, 6.07) is 15.0. The number of halogens is 1. The zero-order valence-corrected chi connectivity index (χ0v) is 13.5. The minimum Gasteiger partial charge on any atom is -0.273 e. The van der Waals surface area contributed by atoms with Gasteiger partial charge in [-0.3, -0.25) is 14.7 Å². The minimum atomic E-state index is -0.244. The lowest BCUT2D eigenvalue weighted by Crippen LogP contribution is -2.25. The van der Waals surface area contributed by atoms with Crippen LogP contribution < -0.4 is 4.90 Å². The van der Waals surface area contributed by atoms with Gasteiger partial charge in [0.1, 0.15) is 5.82 Å². The molecule has 118 valence electrons. The summed E-state index contributed by atoms with van der Waals surface area (Å²) in [7, 11) is 0. The van der Waals surface area contributed by atoms with Crippen LogP contribution in [-0.4, -0.2) is 15.9 Å². The highest BCUT2D eigenvalue weighted by Crippen LogP contribution is 2.41. The van der Waals surface area contributed by atoms with Crippen molar-refractivity contribution in [3.05, 3.63) is 83.3 Å². The molecule has 5 heteroatoms. The van der Waals surface area contributed by atoms with Crippen LogP contribution in [0.15, 0.2) is 67.1 Å². The fourth-order valence-electron chi connectivity index (χ4n) is 3.05. The van der Waals surface area contributed by atoms with Crippen LogP contribution in [0.1, 0.15) is 17.0 Å². The van der Waals surface area contributed by atoms with Crippen molar-refractivity contribution in [2.75, 3.05) is 4.90 Å². The van der Waals surface area contributed by atoms with Gasteiger partial charge in [-0.1, -0.05) is 17.7 Å². The van der Waals surface area contributed by atoms with E-state index in [1.165, 1.54) is 0 Å². The second-order valence-electron chi connectivity index (χ2n) is 5.68. The zero-order chi connectivity index (χ0) is 16.5. The highest BCUT2D eigenvalue weighted by molar-refractivity contribution is 6.30. The number of hydrogen-bond acceptors (Lipinski definition) is 3. The van der Waals surface area contributed by atoms with Crippen molar-refractivity contribution in [1.29, 1.82) is 0 Å². The van der Waals surface area contributed by atoms with E-state index in [-0.39, 0.29) is 11.8 Å². The first kappa shape index (κ1) is 14.8. The van der Waals surface area contributed by atoms with Gasteiger partial charge in [-0.2, -0.15) is 0 Å². The van der Waals surface area contributed by atoms with Crippen LogP contribution in [0.4, 0.5) is 11.5 Å². The molecule has 0 fully saturated rings. The van der Waals surface area contributed by atoms with E-state index in [1.807, 2.05) is 36.4 Å². The molecule has 4 rings (SSSR count). The summed E-state index contributed by atoms with van der Waals surface area (Å²) in [6.07, 6.45) is 5.83. The Morgan fingerprint density at radius 3 is 2.50 bits per heavy atom. The van der Waals surface area contributed by atoms with E-state index in [1.54, 1.807) is 35.6 Å². The number of rotatable bonds is 3. The van der Waals surface area contributed by atoms with Gasteiger partial charge < -0.3 is 0 Å². The second kappa shape index (κ2) is 6.06. The van der Waals surface area contributed by atoms with Gasteiger partial charge in [0.05, 0.1) is 11.6 Å². The Morgan fingerprint density at radius 2 is 1.75 bits per heavy atom. The number of hydrogen-bond donors (Lipinski definition) is 0. The van der Waals surface area contributed by atoms with Crippen molar-refractivity contribution in [2.24, 2.45) is 0 Å². The standard InChI is InChI=1S/C19H14ClN3O/c20-14-3-5-15(6-4-14)23-18-16(2-1-9-22-18)17(19(23)24)12-13-7-10-21-11-8-13/h1-11,17H,12H2. The Hall–Kier alpha value is -2.72. The molecular weight excluding hydrogens is 322 g/mol. The third-order valence-electron chi connectivity index (χ3n) is 4.20. The monoisotopic (exact) mass is 335 g/mol. The Morgan fingerprint density at radius 1 is 1.00 bits per heavy atom. The molecule has 4 nitrogen and oxygen atoms in total. The third kappa shape index (κ3) is 2.55. The average molecular weight is 336 g/mol. The van der Waals surface area contributed by atoms with Crippen molar-refractivity contribution >= 4 is 29.0 Å². The van der Waals surface area contributed by atoms with Gasteiger partial charge in [-0.25, -0.2) is 4.98 Å². The predicted octanol–water partition coefficient (Wildman–Crippen LogP) is 4.13. The largest absolute Gasteiger partial charge is 0.273 e. The molecule has 1 amide bonds. The lowest BCUT2D eigenvalue weighted by molar-refractivity contribution is -0.118. The van der Waals surface area contributed by atoms with E-state index in [0.29, 0.717) is 17.3 Å². The molecule has 0 N–H and O–H groups in total. The molecule has 1 aliphatic rings. The summed E-state index contributed by atoms with van der Waals surface area (Å²) in [4.78, 5) is 23.2. The Kier molecular flexibility index (Phi) is 3.75. The molecule has 1 atom stereocenters. The number of fused-ring (bicyclic) bond motifs is 1. The summed E-state index contributed by atoms with van der Waals surface area (Å²) in [5, 5.41) is 0.639. The first-order chi connectivity index (χ1) is 11.7. The molecule has 2 aromatic heterocycles. The van der Waals surface area contributed by atoms with Crippen molar-refractivity contribution in [1.82, 2.24) is 9.97 Å². The molecule has 0 spiro atoms. The number of aromatic nitrogens is 2. The van der Waals surface area contributed by atoms with Crippen molar-refractivity contribution in [3.8, 4) is 0 Å². The summed E-state index contributed by atoms with van der Waals surface area (Å²) in [5.74, 6) is 0.485. The molecule has 0 saturated carbocycles. The number of anilines is 2. The fourth-order valence-corrected chi connectivity index (χ4v) is 3.18. The van der Waals surface area contributed by atoms with Crippen LogP contribution in [0.25, 0.3) is 0 Å². The van der Waals surface area contributed by atoms with Crippen LogP contribution >= 0.6 is 11.6 Å². The summed E-state index contributed by atoms with van der Waals surface area (Å²) in [6.45, 7) is 0. The number of pyridine rings is 2. The number of nitrogens with zero attached hydrogens (tertiary/aromatic N) is 3. The lowest BCUT2D eigenvalue weighted by atomic mass is 9.95. The van der Waals surface area contributed by atoms with Crippen molar-refractivity contribution < 1.29 is 4.79 Å². The van der Waals surface area contributed by atoms with E-state index in [2.05, 4.69) is 9.97 Å². The summed E-state index contributed by atoms with van der Waals surface area (Å²) >= 11 is 5.97. The highest BCUT2D eigenvalue weighted by atomic mass is 35.5. The molecule has 24 heavy (non-hydrogen) atoms. The van der Waals surface area contributed by atoms with Crippen molar-refractivity contribution in [2.45, 2.75) is 12.3 Å². The first-order valence-corrected chi connectivity index (χ1v) is 8.05. The van der Waals surface area contributed by atoms with E-state index in [9.17, 15) is 4.79 Å². The normalized spacial score (nSPS) is 16.3. The third-order valence-corrected chi connectivity index (χ3v) is 4.45. The molecule has 1 aromatic carbocycles. The lowest BCUT2D eigenvalue weighted by Gasteiger charge is -2.17. The van der Waals surface area contributed by atoms with E-state index in [0.717, 1.165) is 16.8 Å². The molecule has 3 heterocycles. The molecule has 0 radical (unpaired) electrons. The maximum Gasteiger partial charge on any atom is 0.240 e. The Balaban J connectivity index is 1.75. The van der Waals surface area contributed by atoms with Gasteiger partial charge in [0.25, 0.3) is 0 Å². The van der Waals surface area contributed by atoms with Gasteiger partial charge in [0.15, 0.2) is 0 Å². The van der Waals surface area contributed by atoms with Crippen LogP contribution in [-0.2, 0) is 11.2 Å². The summed E-state index contributed by atoms with van der Waals surface area (Å²) in [5.41, 5.74) is 2.81. The van der Waals surface area contributed by atoms with Crippen LogP contribution in [0.3, 0.4) is 0 Å². The molecule has 0 aliphatic carbocycles. The topological polar surface area (TPSA) is 46.1 Å². The number of benzene rings is 1. The zero-order valence-electron chi connectivity index (χ0n) is 12.8. The van der Waals surface area contributed by atoms with Gasteiger partial charge in [0, 0.05) is 29.2 Å².